The molecule has 2 aromatic carbocycles. The van der Waals surface area contributed by atoms with Gasteiger partial charge in [0, 0.05) is 28.7 Å². The second kappa shape index (κ2) is 6.13. The van der Waals surface area contributed by atoms with Crippen LogP contribution in [-0.4, -0.2) is 20.6 Å². The van der Waals surface area contributed by atoms with Gasteiger partial charge in [-0.1, -0.05) is 12.1 Å². The molecular weight excluding hydrogens is 364 g/mol. The van der Waals surface area contributed by atoms with Crippen molar-refractivity contribution in [1.82, 2.24) is 15.2 Å². The average Bonchev–Trinajstić information content (AvgIpc) is 3.10. The Bertz CT molecular complexity index is 1090. The maximum Gasteiger partial charge on any atom is 0.166 e. The molecule has 142 valence electrons. The molecular formula is C20H17F2N5O. The number of halogens is 2. The summed E-state index contributed by atoms with van der Waals surface area (Å²) < 4.78 is 29.5. The van der Waals surface area contributed by atoms with Crippen LogP contribution in [0.5, 0.6) is 0 Å². The molecule has 28 heavy (non-hydrogen) atoms. The van der Waals surface area contributed by atoms with Crippen molar-refractivity contribution in [3.63, 3.8) is 0 Å². The molecule has 1 aromatic heterocycles. The van der Waals surface area contributed by atoms with Crippen LogP contribution in [0.3, 0.4) is 0 Å². The third-order valence-electron chi connectivity index (χ3n) is 5.26. The maximum absolute atomic E-state index is 14.2. The maximum atomic E-state index is 14.2. The lowest BCUT2D eigenvalue weighted by molar-refractivity contribution is 0.137. The SMILES string of the molecule is Cc1ccnn1C1C2=NNC(O)c3cc(F)cc(c32)NC1c1ccc(F)cc1. The van der Waals surface area contributed by atoms with Crippen LogP contribution in [0.15, 0.2) is 53.8 Å². The van der Waals surface area contributed by atoms with E-state index in [1.165, 1.54) is 24.3 Å². The van der Waals surface area contributed by atoms with E-state index in [-0.39, 0.29) is 17.9 Å². The third-order valence-corrected chi connectivity index (χ3v) is 5.26. The number of aryl methyl sites for hydroxylation is 1. The fourth-order valence-electron chi connectivity index (χ4n) is 3.98. The summed E-state index contributed by atoms with van der Waals surface area (Å²) in [5.41, 5.74) is 6.64. The highest BCUT2D eigenvalue weighted by atomic mass is 19.1. The molecule has 3 N–H and O–H groups in total. The Hall–Kier alpha value is -3.26. The number of nitrogens with zero attached hydrogens (tertiary/aromatic N) is 3. The van der Waals surface area contributed by atoms with Crippen LogP contribution in [0.2, 0.25) is 0 Å². The molecule has 0 aliphatic carbocycles. The number of hydrogen-bond acceptors (Lipinski definition) is 5. The zero-order chi connectivity index (χ0) is 19.4. The summed E-state index contributed by atoms with van der Waals surface area (Å²) in [6.45, 7) is 1.93. The van der Waals surface area contributed by atoms with Crippen LogP contribution in [-0.2, 0) is 0 Å². The highest BCUT2D eigenvalue weighted by Crippen LogP contribution is 2.44. The van der Waals surface area contributed by atoms with Crippen LogP contribution in [0.1, 0.15) is 40.7 Å². The minimum atomic E-state index is -1.10. The zero-order valence-electron chi connectivity index (χ0n) is 14.9. The standard InChI is InChI=1S/C20H17F2N5O/c1-10-6-7-23-27(10)19-17(11-2-4-12(21)5-3-11)24-15-9-13(22)8-14-16(15)18(19)25-26-20(14)28/h2-9,17,19-20,24,26,28H,1H3. The first-order valence-electron chi connectivity index (χ1n) is 8.90. The Morgan fingerprint density at radius 1 is 1.07 bits per heavy atom. The van der Waals surface area contributed by atoms with Crippen LogP contribution in [0.25, 0.3) is 0 Å². The Morgan fingerprint density at radius 3 is 2.57 bits per heavy atom. The Kier molecular flexibility index (Phi) is 3.70. The molecule has 2 aliphatic heterocycles. The van der Waals surface area contributed by atoms with E-state index >= 15 is 0 Å². The van der Waals surface area contributed by atoms with Crippen LogP contribution in [0, 0.1) is 18.6 Å². The van der Waals surface area contributed by atoms with Gasteiger partial charge in [-0.2, -0.15) is 10.2 Å². The van der Waals surface area contributed by atoms with E-state index in [0.717, 1.165) is 11.3 Å². The number of aliphatic hydroxyl groups excluding tert-OH is 1. The molecule has 8 heteroatoms. The average molecular weight is 381 g/mol. The van der Waals surface area contributed by atoms with Crippen LogP contribution in [0.4, 0.5) is 14.5 Å². The van der Waals surface area contributed by atoms with Crippen molar-refractivity contribution < 1.29 is 13.9 Å². The van der Waals surface area contributed by atoms with Gasteiger partial charge in [0.25, 0.3) is 0 Å². The second-order valence-corrected chi connectivity index (χ2v) is 6.98. The molecule has 0 bridgehead atoms. The quantitative estimate of drug-likeness (QED) is 0.638. The van der Waals surface area contributed by atoms with Gasteiger partial charge in [0.2, 0.25) is 0 Å². The van der Waals surface area contributed by atoms with Crippen molar-refractivity contribution in [2.75, 3.05) is 5.32 Å². The molecule has 3 unspecified atom stereocenters. The lowest BCUT2D eigenvalue weighted by Gasteiger charge is -2.39. The summed E-state index contributed by atoms with van der Waals surface area (Å²) in [6.07, 6.45) is 0.598. The number of hydrazone groups is 1. The first kappa shape index (κ1) is 16.9. The van der Waals surface area contributed by atoms with Crippen LogP contribution >= 0.6 is 0 Å². The fraction of sp³-hybridized carbons (Fsp3) is 0.200. The van der Waals surface area contributed by atoms with Crippen molar-refractivity contribution in [3.05, 3.63) is 82.7 Å². The zero-order valence-corrected chi connectivity index (χ0v) is 14.9. The number of aromatic nitrogens is 2. The minimum Gasteiger partial charge on any atom is -0.375 e. The molecule has 3 atom stereocenters. The summed E-state index contributed by atoms with van der Waals surface area (Å²) in [5, 5.41) is 22.5. The van der Waals surface area contributed by atoms with E-state index < -0.39 is 12.0 Å². The molecule has 6 nitrogen and oxygen atoms in total. The van der Waals surface area contributed by atoms with Gasteiger partial charge >= 0.3 is 0 Å². The lowest BCUT2D eigenvalue weighted by atomic mass is 9.84. The van der Waals surface area contributed by atoms with Crippen molar-refractivity contribution in [2.24, 2.45) is 5.10 Å². The van der Waals surface area contributed by atoms with Gasteiger partial charge in [-0.05, 0) is 42.8 Å². The number of hydrogen-bond donors (Lipinski definition) is 3. The first-order valence-corrected chi connectivity index (χ1v) is 8.90. The van der Waals surface area contributed by atoms with E-state index in [0.29, 0.717) is 22.5 Å². The van der Waals surface area contributed by atoms with Gasteiger partial charge in [-0.3, -0.25) is 10.1 Å². The largest absolute Gasteiger partial charge is 0.375 e. The number of anilines is 1. The van der Waals surface area contributed by atoms with Crippen molar-refractivity contribution in [2.45, 2.75) is 25.2 Å². The van der Waals surface area contributed by atoms with E-state index in [4.69, 9.17) is 0 Å². The third kappa shape index (κ3) is 2.49. The van der Waals surface area contributed by atoms with Gasteiger partial charge in [0.1, 0.15) is 17.7 Å². The smallest absolute Gasteiger partial charge is 0.166 e. The topological polar surface area (TPSA) is 74.5 Å². The van der Waals surface area contributed by atoms with Gasteiger partial charge in [0.15, 0.2) is 6.23 Å². The molecule has 3 aromatic rings. The fourth-order valence-corrected chi connectivity index (χ4v) is 3.98. The normalized spacial score (nSPS) is 22.7. The summed E-state index contributed by atoms with van der Waals surface area (Å²) in [4.78, 5) is 0. The Balaban J connectivity index is 1.75. The van der Waals surface area contributed by atoms with Gasteiger partial charge in [-0.25, -0.2) is 8.78 Å². The second-order valence-electron chi connectivity index (χ2n) is 6.98. The Morgan fingerprint density at radius 2 is 1.86 bits per heavy atom. The highest BCUT2D eigenvalue weighted by molar-refractivity contribution is 6.11. The van der Waals surface area contributed by atoms with Crippen LogP contribution < -0.4 is 10.7 Å². The van der Waals surface area contributed by atoms with Gasteiger partial charge in [0.05, 0.1) is 11.8 Å². The molecule has 3 heterocycles. The van der Waals surface area contributed by atoms with Crippen molar-refractivity contribution in [3.8, 4) is 0 Å². The number of aliphatic hydroxyl groups is 1. The van der Waals surface area contributed by atoms with E-state index in [9.17, 15) is 13.9 Å². The van der Waals surface area contributed by atoms with Crippen molar-refractivity contribution in [1.29, 1.82) is 0 Å². The summed E-state index contributed by atoms with van der Waals surface area (Å²) >= 11 is 0. The minimum absolute atomic E-state index is 0.333. The molecule has 0 saturated heterocycles. The molecule has 0 fully saturated rings. The van der Waals surface area contributed by atoms with Gasteiger partial charge < -0.3 is 10.4 Å². The van der Waals surface area contributed by atoms with E-state index in [2.05, 4.69) is 20.9 Å². The molecule has 0 saturated carbocycles. The number of nitrogens with one attached hydrogen (secondary N) is 2. The summed E-state index contributed by atoms with van der Waals surface area (Å²) in [5.74, 6) is -0.796. The molecule has 5 rings (SSSR count). The molecule has 0 spiro atoms. The molecule has 2 aliphatic rings. The van der Waals surface area contributed by atoms with E-state index in [1.807, 2.05) is 17.7 Å². The Labute approximate surface area is 159 Å². The molecule has 0 radical (unpaired) electrons. The monoisotopic (exact) mass is 381 g/mol. The van der Waals surface area contributed by atoms with Gasteiger partial charge in [-0.15, -0.1) is 0 Å². The van der Waals surface area contributed by atoms with Crippen molar-refractivity contribution >= 4 is 11.4 Å². The summed E-state index contributed by atoms with van der Waals surface area (Å²) in [7, 11) is 0. The first-order chi connectivity index (χ1) is 13.5. The lowest BCUT2D eigenvalue weighted by Crippen LogP contribution is -2.41. The number of benzene rings is 2. The summed E-state index contributed by atoms with van der Waals surface area (Å²) in [6, 6.07) is 9.99. The van der Waals surface area contributed by atoms with E-state index in [1.54, 1.807) is 18.3 Å². The molecule has 0 amide bonds. The predicted octanol–water partition coefficient (Wildman–Crippen LogP) is 3.18. The number of rotatable bonds is 2. The predicted molar refractivity (Wildman–Crippen MR) is 99.8 cm³/mol. The highest BCUT2D eigenvalue weighted by Gasteiger charge is 2.41.